The second kappa shape index (κ2) is 12.7. The van der Waals surface area contributed by atoms with Gasteiger partial charge in [0.25, 0.3) is 0 Å². The van der Waals surface area contributed by atoms with Crippen LogP contribution >= 0.6 is 25.3 Å². The van der Waals surface area contributed by atoms with E-state index in [1.165, 1.54) is 0 Å². The largest absolute Gasteiger partial charge is 0.480 e. The van der Waals surface area contributed by atoms with E-state index in [4.69, 9.17) is 10.8 Å². The molecule has 1 aromatic heterocycles. The van der Waals surface area contributed by atoms with Crippen LogP contribution in [0.2, 0.25) is 0 Å². The minimum absolute atomic E-state index is 0.0741. The first-order valence-corrected chi connectivity index (χ1v) is 12.0. The molecular weight excluding hydrogens is 478 g/mol. The Morgan fingerprint density at radius 3 is 2.18 bits per heavy atom. The molecule has 0 saturated carbocycles. The molecule has 0 radical (unpaired) electrons. The van der Waals surface area contributed by atoms with Crippen LogP contribution in [-0.4, -0.2) is 69.5 Å². The summed E-state index contributed by atoms with van der Waals surface area (Å²) in [6.45, 7) is 3.49. The minimum atomic E-state index is -1.25. The van der Waals surface area contributed by atoms with Crippen molar-refractivity contribution in [1.29, 1.82) is 0 Å². The number of H-pyrrole nitrogens is 1. The highest BCUT2D eigenvalue weighted by Crippen LogP contribution is 2.19. The number of hydrogen-bond acceptors (Lipinski definition) is 7. The average molecular weight is 510 g/mol. The molecule has 7 N–H and O–H groups in total. The van der Waals surface area contributed by atoms with Crippen molar-refractivity contribution in [2.75, 3.05) is 11.5 Å². The SMILES string of the molecule is CC(C)C(NC(=O)C(N)Cc1c[nH]c2ccccc12)C(=O)NC(CS)C(=O)NC(CS)C(=O)O. The number of carboxylic acid groups (broad SMARTS) is 1. The number of aromatic amines is 1. The Morgan fingerprint density at radius 1 is 0.971 bits per heavy atom. The smallest absolute Gasteiger partial charge is 0.327 e. The van der Waals surface area contributed by atoms with Crippen molar-refractivity contribution in [3.63, 3.8) is 0 Å². The third kappa shape index (κ3) is 7.15. The van der Waals surface area contributed by atoms with Crippen LogP contribution in [-0.2, 0) is 25.6 Å². The Kier molecular flexibility index (Phi) is 10.3. The van der Waals surface area contributed by atoms with E-state index in [-0.39, 0.29) is 23.8 Å². The van der Waals surface area contributed by atoms with Crippen molar-refractivity contribution < 1.29 is 24.3 Å². The van der Waals surface area contributed by atoms with Gasteiger partial charge in [0.1, 0.15) is 18.1 Å². The number of nitrogens with two attached hydrogens (primary N) is 1. The zero-order chi connectivity index (χ0) is 25.4. The van der Waals surface area contributed by atoms with Gasteiger partial charge in [-0.2, -0.15) is 25.3 Å². The monoisotopic (exact) mass is 509 g/mol. The Bertz CT molecular complexity index is 1030. The zero-order valence-corrected chi connectivity index (χ0v) is 20.7. The average Bonchev–Trinajstić information content (AvgIpc) is 3.21. The molecule has 34 heavy (non-hydrogen) atoms. The van der Waals surface area contributed by atoms with Crippen molar-refractivity contribution in [2.24, 2.45) is 11.7 Å². The Balaban J connectivity index is 2.03. The van der Waals surface area contributed by atoms with E-state index in [0.717, 1.165) is 16.5 Å². The molecule has 3 amide bonds. The molecule has 2 aromatic rings. The van der Waals surface area contributed by atoms with E-state index in [1.54, 1.807) is 20.0 Å². The lowest BCUT2D eigenvalue weighted by atomic mass is 10.0. The second-order valence-electron chi connectivity index (χ2n) is 8.23. The second-order valence-corrected chi connectivity index (χ2v) is 8.96. The molecule has 0 saturated heterocycles. The number of thiol groups is 2. The van der Waals surface area contributed by atoms with Crippen molar-refractivity contribution in [1.82, 2.24) is 20.9 Å². The lowest BCUT2D eigenvalue weighted by molar-refractivity contribution is -0.141. The van der Waals surface area contributed by atoms with Crippen LogP contribution < -0.4 is 21.7 Å². The van der Waals surface area contributed by atoms with Gasteiger partial charge in [-0.15, -0.1) is 0 Å². The van der Waals surface area contributed by atoms with Gasteiger partial charge in [-0.1, -0.05) is 32.0 Å². The van der Waals surface area contributed by atoms with E-state index < -0.39 is 47.9 Å². The lowest BCUT2D eigenvalue weighted by Gasteiger charge is -2.26. The summed E-state index contributed by atoms with van der Waals surface area (Å²) in [6, 6.07) is 3.48. The van der Waals surface area contributed by atoms with Gasteiger partial charge in [0, 0.05) is 28.6 Å². The maximum atomic E-state index is 12.9. The van der Waals surface area contributed by atoms with E-state index in [0.29, 0.717) is 0 Å². The number of carbonyl (C=O) groups is 4. The summed E-state index contributed by atoms with van der Waals surface area (Å²) in [5.41, 5.74) is 7.94. The zero-order valence-electron chi connectivity index (χ0n) is 18.9. The van der Waals surface area contributed by atoms with Crippen LogP contribution in [0.4, 0.5) is 0 Å². The summed E-state index contributed by atoms with van der Waals surface area (Å²) in [4.78, 5) is 52.3. The summed E-state index contributed by atoms with van der Waals surface area (Å²) in [5, 5.41) is 17.5. The van der Waals surface area contributed by atoms with E-state index in [2.05, 4.69) is 46.2 Å². The predicted octanol–water partition coefficient (Wildman–Crippen LogP) is 0.0923. The number of hydrogen-bond donors (Lipinski definition) is 8. The number of nitrogens with one attached hydrogen (secondary N) is 4. The van der Waals surface area contributed by atoms with Gasteiger partial charge < -0.3 is 31.8 Å². The summed E-state index contributed by atoms with van der Waals surface area (Å²) < 4.78 is 0. The van der Waals surface area contributed by atoms with E-state index in [9.17, 15) is 19.2 Å². The quantitative estimate of drug-likeness (QED) is 0.189. The molecular formula is C22H31N5O5S2. The van der Waals surface area contributed by atoms with Gasteiger partial charge in [0.15, 0.2) is 0 Å². The Morgan fingerprint density at radius 2 is 1.59 bits per heavy atom. The van der Waals surface area contributed by atoms with E-state index >= 15 is 0 Å². The highest BCUT2D eigenvalue weighted by molar-refractivity contribution is 7.80. The molecule has 0 aliphatic carbocycles. The third-order valence-electron chi connectivity index (χ3n) is 5.31. The number of rotatable bonds is 12. The molecule has 1 heterocycles. The first-order chi connectivity index (χ1) is 16.1. The lowest BCUT2D eigenvalue weighted by Crippen LogP contribution is -2.59. The molecule has 0 aliphatic heterocycles. The number of amides is 3. The normalized spacial score (nSPS) is 14.8. The number of carboxylic acids is 1. The summed E-state index contributed by atoms with van der Waals surface area (Å²) in [6.07, 6.45) is 2.07. The van der Waals surface area contributed by atoms with Gasteiger partial charge in [-0.05, 0) is 24.0 Å². The van der Waals surface area contributed by atoms with Gasteiger partial charge in [0.2, 0.25) is 17.7 Å². The molecule has 0 bridgehead atoms. The van der Waals surface area contributed by atoms with Crippen molar-refractivity contribution >= 4 is 59.9 Å². The summed E-state index contributed by atoms with van der Waals surface area (Å²) >= 11 is 7.98. The van der Waals surface area contributed by atoms with Gasteiger partial charge in [-0.3, -0.25) is 14.4 Å². The van der Waals surface area contributed by atoms with Gasteiger partial charge >= 0.3 is 5.97 Å². The van der Waals surface area contributed by atoms with Crippen LogP contribution in [0.3, 0.4) is 0 Å². The fourth-order valence-electron chi connectivity index (χ4n) is 3.34. The molecule has 4 unspecified atom stereocenters. The fraction of sp³-hybridized carbons (Fsp3) is 0.455. The molecule has 12 heteroatoms. The van der Waals surface area contributed by atoms with Crippen LogP contribution in [0.25, 0.3) is 10.9 Å². The number of benzene rings is 1. The van der Waals surface area contributed by atoms with Gasteiger partial charge in [0.05, 0.1) is 6.04 Å². The molecule has 1 aromatic carbocycles. The standard InChI is InChI=1S/C22H31N5O5S2/c1-11(2)18(21(30)25-16(9-33)20(29)26-17(10-34)22(31)32)27-19(28)14(23)7-12-8-24-15-6-4-3-5-13(12)15/h3-6,8,11,14,16-18,24,33-34H,7,9-10,23H2,1-2H3,(H,25,30)(H,26,29)(H,27,28)(H,31,32). The molecule has 186 valence electrons. The molecule has 4 atom stereocenters. The summed E-state index contributed by atoms with van der Waals surface area (Å²) in [7, 11) is 0. The van der Waals surface area contributed by atoms with Crippen molar-refractivity contribution in [2.45, 2.75) is 44.4 Å². The van der Waals surface area contributed by atoms with Crippen LogP contribution in [0.1, 0.15) is 19.4 Å². The topological polar surface area (TPSA) is 166 Å². The maximum absolute atomic E-state index is 12.9. The highest BCUT2D eigenvalue weighted by Gasteiger charge is 2.31. The van der Waals surface area contributed by atoms with Crippen LogP contribution in [0.5, 0.6) is 0 Å². The van der Waals surface area contributed by atoms with Gasteiger partial charge in [-0.25, -0.2) is 4.79 Å². The number of aliphatic carboxylic acids is 1. The molecule has 0 aliphatic rings. The first-order valence-electron chi connectivity index (χ1n) is 10.7. The van der Waals surface area contributed by atoms with Crippen LogP contribution in [0.15, 0.2) is 30.5 Å². The number of fused-ring (bicyclic) bond motifs is 1. The predicted molar refractivity (Wildman–Crippen MR) is 136 cm³/mol. The number of aromatic nitrogens is 1. The molecule has 10 nitrogen and oxygen atoms in total. The van der Waals surface area contributed by atoms with Crippen molar-refractivity contribution in [3.8, 4) is 0 Å². The number of carbonyl (C=O) groups excluding carboxylic acids is 3. The third-order valence-corrected chi connectivity index (χ3v) is 6.04. The molecule has 2 rings (SSSR count). The highest BCUT2D eigenvalue weighted by atomic mass is 32.1. The van der Waals surface area contributed by atoms with Crippen LogP contribution in [0, 0.1) is 5.92 Å². The maximum Gasteiger partial charge on any atom is 0.327 e. The minimum Gasteiger partial charge on any atom is -0.480 e. The molecule has 0 spiro atoms. The molecule has 0 fully saturated rings. The first kappa shape index (κ1) is 27.5. The summed E-state index contributed by atoms with van der Waals surface area (Å²) in [5.74, 6) is -3.57. The van der Waals surface area contributed by atoms with E-state index in [1.807, 2.05) is 24.3 Å². The van der Waals surface area contributed by atoms with Crippen molar-refractivity contribution in [3.05, 3.63) is 36.0 Å². The Labute approximate surface area is 208 Å². The number of para-hydroxylation sites is 1. The Hall–Kier alpha value is -2.70. The fourth-order valence-corrected chi connectivity index (χ4v) is 3.84.